The molecule has 2 amide bonds. The molecule has 0 saturated carbocycles. The number of nitrogens with one attached hydrogen (secondary N) is 1. The third-order valence-electron chi connectivity index (χ3n) is 6.31. The van der Waals surface area contributed by atoms with Crippen molar-refractivity contribution in [2.75, 3.05) is 11.9 Å². The number of amides is 2. The van der Waals surface area contributed by atoms with Crippen LogP contribution in [0.25, 0.3) is 22.2 Å². The van der Waals surface area contributed by atoms with E-state index in [-0.39, 0.29) is 11.4 Å². The average Bonchev–Trinajstić information content (AvgIpc) is 2.83. The highest BCUT2D eigenvalue weighted by molar-refractivity contribution is 5.92. The van der Waals surface area contributed by atoms with Crippen molar-refractivity contribution < 1.29 is 4.79 Å². The van der Waals surface area contributed by atoms with Gasteiger partial charge in [-0.2, -0.15) is 0 Å². The van der Waals surface area contributed by atoms with Crippen LogP contribution in [0, 0.1) is 0 Å². The maximum Gasteiger partial charge on any atom is 0.322 e. The number of hydrogen-bond donors (Lipinski definition) is 1. The molecule has 33 heavy (non-hydrogen) atoms. The quantitative estimate of drug-likeness (QED) is 0.408. The highest BCUT2D eigenvalue weighted by atomic mass is 16.2. The first-order valence-electron chi connectivity index (χ1n) is 11.4. The van der Waals surface area contributed by atoms with Gasteiger partial charge >= 0.3 is 6.03 Å². The van der Waals surface area contributed by atoms with Gasteiger partial charge in [0.25, 0.3) is 0 Å². The fourth-order valence-electron chi connectivity index (χ4n) is 4.31. The molecule has 5 nitrogen and oxygen atoms in total. The van der Waals surface area contributed by atoms with Crippen LogP contribution in [-0.4, -0.2) is 27.4 Å². The second-order valence-corrected chi connectivity index (χ2v) is 9.67. The van der Waals surface area contributed by atoms with E-state index in [1.807, 2.05) is 23.1 Å². The maximum atomic E-state index is 12.9. The Hall–Kier alpha value is -3.73. The normalized spacial score (nSPS) is 13.6. The Balaban J connectivity index is 1.29. The van der Waals surface area contributed by atoms with Gasteiger partial charge in [0.1, 0.15) is 0 Å². The van der Waals surface area contributed by atoms with Gasteiger partial charge in [-0.3, -0.25) is 9.97 Å². The Morgan fingerprint density at radius 2 is 1.58 bits per heavy atom. The van der Waals surface area contributed by atoms with Crippen LogP contribution in [0.5, 0.6) is 0 Å². The first kappa shape index (κ1) is 21.1. The van der Waals surface area contributed by atoms with Gasteiger partial charge in [-0.25, -0.2) is 4.79 Å². The van der Waals surface area contributed by atoms with Crippen molar-refractivity contribution in [3.8, 4) is 11.1 Å². The third-order valence-corrected chi connectivity index (χ3v) is 6.31. The lowest BCUT2D eigenvalue weighted by Crippen LogP contribution is -2.38. The van der Waals surface area contributed by atoms with Crippen molar-refractivity contribution in [1.82, 2.24) is 14.9 Å². The van der Waals surface area contributed by atoms with E-state index in [4.69, 9.17) is 0 Å². The van der Waals surface area contributed by atoms with E-state index in [0.29, 0.717) is 13.1 Å². The zero-order valence-corrected chi connectivity index (χ0v) is 19.3. The molecule has 1 aromatic heterocycles. The smallest absolute Gasteiger partial charge is 0.320 e. The molecule has 0 fully saturated rings. The van der Waals surface area contributed by atoms with E-state index in [9.17, 15) is 4.79 Å². The van der Waals surface area contributed by atoms with Crippen molar-refractivity contribution in [2.24, 2.45) is 0 Å². The summed E-state index contributed by atoms with van der Waals surface area (Å²) in [6.07, 6.45) is 4.17. The lowest BCUT2D eigenvalue weighted by Gasteiger charge is -2.29. The summed E-state index contributed by atoms with van der Waals surface area (Å²) in [6, 6.07) is 21.0. The summed E-state index contributed by atoms with van der Waals surface area (Å²) < 4.78 is 0. The number of carbonyl (C=O) groups is 1. The molecule has 0 saturated heterocycles. The lowest BCUT2D eigenvalue weighted by molar-refractivity contribution is 0.206. The minimum absolute atomic E-state index is 0.0919. The number of benzene rings is 3. The second kappa shape index (κ2) is 8.32. The first-order chi connectivity index (χ1) is 15.9. The summed E-state index contributed by atoms with van der Waals surface area (Å²) in [7, 11) is 0. The molecule has 3 aromatic carbocycles. The van der Waals surface area contributed by atoms with Crippen LogP contribution < -0.4 is 5.32 Å². The number of fused-ring (bicyclic) bond motifs is 2. The zero-order chi connectivity index (χ0) is 23.0. The minimum atomic E-state index is -0.0919. The van der Waals surface area contributed by atoms with Crippen LogP contribution in [0.1, 0.15) is 37.5 Å². The number of aromatic nitrogens is 2. The van der Waals surface area contributed by atoms with E-state index >= 15 is 0 Å². The van der Waals surface area contributed by atoms with Gasteiger partial charge in [-0.1, -0.05) is 63.2 Å². The molecule has 1 aliphatic rings. The largest absolute Gasteiger partial charge is 0.322 e. The van der Waals surface area contributed by atoms with Crippen LogP contribution in [0.15, 0.2) is 73.1 Å². The lowest BCUT2D eigenvalue weighted by atomic mass is 9.86. The second-order valence-electron chi connectivity index (χ2n) is 9.67. The molecule has 166 valence electrons. The molecule has 1 aliphatic heterocycles. The molecule has 0 atom stereocenters. The van der Waals surface area contributed by atoms with E-state index in [0.717, 1.165) is 23.1 Å². The molecule has 5 rings (SSSR count). The van der Waals surface area contributed by atoms with Gasteiger partial charge in [0, 0.05) is 31.2 Å². The SMILES string of the molecule is CC(C)(C)c1ccc(-c2ccc3c(c2)CCN(C(=O)Nc2ccc4nccnc4c2)C3)cc1. The molecule has 0 bridgehead atoms. The number of nitrogens with zero attached hydrogens (tertiary/aromatic N) is 3. The van der Waals surface area contributed by atoms with Gasteiger partial charge in [-0.15, -0.1) is 0 Å². The number of anilines is 1. The number of rotatable bonds is 2. The fraction of sp³-hybridized carbons (Fsp3) is 0.250. The highest BCUT2D eigenvalue weighted by Crippen LogP contribution is 2.29. The molecular weight excluding hydrogens is 408 g/mol. The van der Waals surface area contributed by atoms with E-state index < -0.39 is 0 Å². The van der Waals surface area contributed by atoms with Gasteiger partial charge in [0.2, 0.25) is 0 Å². The Morgan fingerprint density at radius 3 is 2.33 bits per heavy atom. The average molecular weight is 437 g/mol. The third kappa shape index (κ3) is 4.44. The molecule has 5 heteroatoms. The zero-order valence-electron chi connectivity index (χ0n) is 19.3. The van der Waals surface area contributed by atoms with Crippen LogP contribution in [0.4, 0.5) is 10.5 Å². The van der Waals surface area contributed by atoms with Crippen molar-refractivity contribution >= 4 is 22.8 Å². The fourth-order valence-corrected chi connectivity index (χ4v) is 4.31. The Labute approximate surface area is 194 Å². The molecular formula is C28H28N4O. The van der Waals surface area contributed by atoms with Crippen molar-refractivity contribution in [2.45, 2.75) is 39.2 Å². The monoisotopic (exact) mass is 436 g/mol. The minimum Gasteiger partial charge on any atom is -0.320 e. The van der Waals surface area contributed by atoms with E-state index in [1.54, 1.807) is 12.4 Å². The molecule has 0 unspecified atom stereocenters. The molecule has 1 N–H and O–H groups in total. The van der Waals surface area contributed by atoms with Crippen molar-refractivity contribution in [3.05, 3.63) is 89.7 Å². The topological polar surface area (TPSA) is 58.1 Å². The standard InChI is InChI=1S/C28H28N4O/c1-28(2,3)23-8-6-19(7-9-23)20-4-5-22-18-32(15-12-21(22)16-20)27(33)31-24-10-11-25-26(17-24)30-14-13-29-25/h4-11,13-14,16-17H,12,15,18H2,1-3H3,(H,31,33). The summed E-state index contributed by atoms with van der Waals surface area (Å²) in [6.45, 7) is 8.00. The van der Waals surface area contributed by atoms with Gasteiger partial charge in [-0.05, 0) is 57.9 Å². The predicted molar refractivity (Wildman–Crippen MR) is 133 cm³/mol. The number of hydrogen-bond acceptors (Lipinski definition) is 3. The summed E-state index contributed by atoms with van der Waals surface area (Å²) in [5.41, 5.74) is 8.77. The van der Waals surface area contributed by atoms with Crippen molar-refractivity contribution in [3.63, 3.8) is 0 Å². The molecule has 0 aliphatic carbocycles. The number of urea groups is 1. The summed E-state index contributed by atoms with van der Waals surface area (Å²) in [5.74, 6) is 0. The van der Waals surface area contributed by atoms with Crippen LogP contribution in [0.2, 0.25) is 0 Å². The Bertz CT molecular complexity index is 1320. The Morgan fingerprint density at radius 1 is 0.848 bits per heavy atom. The van der Waals surface area contributed by atoms with Crippen molar-refractivity contribution in [1.29, 1.82) is 0 Å². The van der Waals surface area contributed by atoms with E-state index in [2.05, 4.69) is 78.5 Å². The van der Waals surface area contributed by atoms with Crippen LogP contribution in [-0.2, 0) is 18.4 Å². The van der Waals surface area contributed by atoms with Crippen LogP contribution in [0.3, 0.4) is 0 Å². The molecule has 0 radical (unpaired) electrons. The molecule has 2 heterocycles. The first-order valence-corrected chi connectivity index (χ1v) is 11.4. The summed E-state index contributed by atoms with van der Waals surface area (Å²) in [4.78, 5) is 23.3. The van der Waals surface area contributed by atoms with Gasteiger partial charge in [0.05, 0.1) is 11.0 Å². The molecule has 4 aromatic rings. The Kier molecular flexibility index (Phi) is 5.33. The van der Waals surface area contributed by atoms with Gasteiger partial charge in [0.15, 0.2) is 0 Å². The van der Waals surface area contributed by atoms with E-state index in [1.165, 1.54) is 27.8 Å². The molecule has 0 spiro atoms. The summed E-state index contributed by atoms with van der Waals surface area (Å²) >= 11 is 0. The van der Waals surface area contributed by atoms with Gasteiger partial charge < -0.3 is 10.2 Å². The summed E-state index contributed by atoms with van der Waals surface area (Å²) in [5, 5.41) is 3.01. The predicted octanol–water partition coefficient (Wildman–Crippen LogP) is 6.18. The highest BCUT2D eigenvalue weighted by Gasteiger charge is 2.21. The van der Waals surface area contributed by atoms with Crippen LogP contribution >= 0.6 is 0 Å². The maximum absolute atomic E-state index is 12.9. The number of carbonyl (C=O) groups excluding carboxylic acids is 1.